The molecule has 44 heavy (non-hydrogen) atoms. The molecule has 1 fully saturated rings. The van der Waals surface area contributed by atoms with Crippen molar-refractivity contribution in [3.05, 3.63) is 137 Å². The van der Waals surface area contributed by atoms with E-state index in [9.17, 15) is 19.2 Å². The van der Waals surface area contributed by atoms with Crippen molar-refractivity contribution in [1.82, 2.24) is 5.32 Å². The van der Waals surface area contributed by atoms with E-state index in [1.165, 1.54) is 0 Å². The first-order chi connectivity index (χ1) is 21.4. The molecule has 2 amide bonds. The summed E-state index contributed by atoms with van der Waals surface area (Å²) in [5.41, 5.74) is 9.28. The summed E-state index contributed by atoms with van der Waals surface area (Å²) in [6.45, 7) is 0.618. The predicted octanol–water partition coefficient (Wildman–Crippen LogP) is 5.58. The van der Waals surface area contributed by atoms with E-state index in [1.807, 2.05) is 42.5 Å². The maximum Gasteiger partial charge on any atom is 0.247 e. The Hall–Kier alpha value is -4.88. The van der Waals surface area contributed by atoms with Gasteiger partial charge in [0.05, 0.1) is 0 Å². The van der Waals surface area contributed by atoms with E-state index in [-0.39, 0.29) is 35.7 Å². The Morgan fingerprint density at radius 2 is 1.20 bits per heavy atom. The van der Waals surface area contributed by atoms with Gasteiger partial charge in [0, 0.05) is 40.3 Å². The number of hydrogen-bond acceptors (Lipinski definition) is 5. The molecule has 1 aliphatic rings. The first-order valence-corrected chi connectivity index (χ1v) is 15.1. The Labute approximate surface area is 257 Å². The van der Waals surface area contributed by atoms with Crippen LogP contribution in [0.1, 0.15) is 63.1 Å². The zero-order valence-electron chi connectivity index (χ0n) is 24.6. The molecule has 7 heteroatoms. The summed E-state index contributed by atoms with van der Waals surface area (Å²) >= 11 is 0. The van der Waals surface area contributed by atoms with E-state index in [2.05, 4.69) is 10.6 Å². The van der Waals surface area contributed by atoms with Crippen LogP contribution in [0.15, 0.2) is 109 Å². The number of ketones is 2. The largest absolute Gasteiger partial charge is 0.344 e. The minimum Gasteiger partial charge on any atom is -0.344 e. The highest BCUT2D eigenvalue weighted by atomic mass is 16.2. The summed E-state index contributed by atoms with van der Waals surface area (Å²) in [7, 11) is 0. The zero-order chi connectivity index (χ0) is 30.9. The van der Waals surface area contributed by atoms with Crippen LogP contribution in [-0.4, -0.2) is 36.0 Å². The number of nitrogens with two attached hydrogens (primary N) is 1. The number of hydrogen-bond donors (Lipinski definition) is 3. The molecule has 1 aliphatic carbocycles. The molecular formula is C37H37N3O4. The maximum atomic E-state index is 13.6. The second-order valence-corrected chi connectivity index (χ2v) is 11.4. The average molecular weight is 588 g/mol. The van der Waals surface area contributed by atoms with E-state index in [1.54, 1.807) is 66.7 Å². The van der Waals surface area contributed by atoms with E-state index < -0.39 is 6.04 Å². The van der Waals surface area contributed by atoms with Gasteiger partial charge in [0.15, 0.2) is 11.6 Å². The highest BCUT2D eigenvalue weighted by molar-refractivity contribution is 6.10. The predicted molar refractivity (Wildman–Crippen MR) is 171 cm³/mol. The normalized spacial score (nSPS) is 16.8. The quantitative estimate of drug-likeness (QED) is 0.198. The van der Waals surface area contributed by atoms with Gasteiger partial charge in [-0.3, -0.25) is 19.2 Å². The van der Waals surface area contributed by atoms with Crippen LogP contribution >= 0.6 is 0 Å². The summed E-state index contributed by atoms with van der Waals surface area (Å²) in [5.74, 6) is -0.499. The van der Waals surface area contributed by atoms with E-state index >= 15 is 0 Å². The number of rotatable bonds is 11. The molecule has 0 aliphatic heterocycles. The highest BCUT2D eigenvalue weighted by Gasteiger charge is 2.29. The minimum absolute atomic E-state index is 0.108. The third kappa shape index (κ3) is 7.74. The number of anilines is 1. The van der Waals surface area contributed by atoms with Gasteiger partial charge in [0.2, 0.25) is 11.8 Å². The van der Waals surface area contributed by atoms with Gasteiger partial charge in [-0.25, -0.2) is 0 Å². The molecule has 0 aromatic heterocycles. The van der Waals surface area contributed by atoms with Crippen LogP contribution in [0, 0.1) is 11.8 Å². The van der Waals surface area contributed by atoms with E-state index in [4.69, 9.17) is 5.73 Å². The molecule has 224 valence electrons. The molecule has 0 spiro atoms. The molecule has 0 bridgehead atoms. The molecule has 0 radical (unpaired) electrons. The van der Waals surface area contributed by atoms with Crippen molar-refractivity contribution >= 4 is 29.1 Å². The molecule has 0 heterocycles. The summed E-state index contributed by atoms with van der Waals surface area (Å²) in [6, 6.07) is 31.0. The Morgan fingerprint density at radius 1 is 0.659 bits per heavy atom. The van der Waals surface area contributed by atoms with Crippen LogP contribution in [0.4, 0.5) is 5.69 Å². The third-order valence-corrected chi connectivity index (χ3v) is 8.30. The molecule has 1 atom stereocenters. The molecule has 4 N–H and O–H groups in total. The molecule has 1 saturated carbocycles. The fourth-order valence-electron chi connectivity index (χ4n) is 5.68. The Bertz CT molecular complexity index is 1600. The van der Waals surface area contributed by atoms with Gasteiger partial charge in [0.1, 0.15) is 6.04 Å². The number of amides is 2. The SMILES string of the molecule is NCC1CCC(C(=O)NC(Cc2cccc(C(=O)c3ccccc3)c2)C(=O)Nc2ccc(C(=O)c3ccccc3)cc2)CC1. The lowest BCUT2D eigenvalue weighted by molar-refractivity contribution is -0.130. The summed E-state index contributed by atoms with van der Waals surface area (Å²) in [6.07, 6.45) is 3.46. The Kier molecular flexibility index (Phi) is 10.1. The first kappa shape index (κ1) is 30.6. The second-order valence-electron chi connectivity index (χ2n) is 11.4. The van der Waals surface area contributed by atoms with Crippen LogP contribution in [-0.2, 0) is 16.0 Å². The van der Waals surface area contributed by atoms with Crippen molar-refractivity contribution in [2.45, 2.75) is 38.1 Å². The highest BCUT2D eigenvalue weighted by Crippen LogP contribution is 2.28. The average Bonchev–Trinajstić information content (AvgIpc) is 3.08. The van der Waals surface area contributed by atoms with Gasteiger partial charge in [-0.05, 0) is 74.0 Å². The minimum atomic E-state index is -0.873. The lowest BCUT2D eigenvalue weighted by Gasteiger charge is -2.28. The molecule has 5 rings (SSSR count). The van der Waals surface area contributed by atoms with Gasteiger partial charge in [-0.1, -0.05) is 78.9 Å². The lowest BCUT2D eigenvalue weighted by Crippen LogP contribution is -2.48. The first-order valence-electron chi connectivity index (χ1n) is 15.1. The van der Waals surface area contributed by atoms with Gasteiger partial charge in [-0.15, -0.1) is 0 Å². The third-order valence-electron chi connectivity index (χ3n) is 8.30. The fraction of sp³-hybridized carbons (Fsp3) is 0.243. The Morgan fingerprint density at radius 3 is 1.80 bits per heavy atom. The van der Waals surface area contributed by atoms with Gasteiger partial charge in [0.25, 0.3) is 0 Å². The summed E-state index contributed by atoms with van der Waals surface area (Å²) in [5, 5.41) is 5.91. The van der Waals surface area contributed by atoms with E-state index in [0.717, 1.165) is 31.2 Å². The molecule has 4 aromatic carbocycles. The van der Waals surface area contributed by atoms with Crippen LogP contribution in [0.5, 0.6) is 0 Å². The standard InChI is InChI=1S/C37H37N3O4/c38-24-25-14-16-30(17-15-25)36(43)40-33(23-26-8-7-13-31(22-26)35(42)28-11-5-2-6-12-28)37(44)39-32-20-18-29(19-21-32)34(41)27-9-3-1-4-10-27/h1-13,18-22,25,30,33H,14-17,23-24,38H2,(H,39,44)(H,40,43). The van der Waals surface area contributed by atoms with Crippen molar-refractivity contribution in [1.29, 1.82) is 0 Å². The smallest absolute Gasteiger partial charge is 0.247 e. The number of nitrogens with one attached hydrogen (secondary N) is 2. The molecule has 4 aromatic rings. The van der Waals surface area contributed by atoms with Crippen molar-refractivity contribution in [3.63, 3.8) is 0 Å². The number of carbonyl (C=O) groups is 4. The lowest BCUT2D eigenvalue weighted by atomic mass is 9.81. The van der Waals surface area contributed by atoms with E-state index in [0.29, 0.717) is 40.4 Å². The van der Waals surface area contributed by atoms with Crippen LogP contribution < -0.4 is 16.4 Å². The molecular weight excluding hydrogens is 550 g/mol. The van der Waals surface area contributed by atoms with Crippen LogP contribution in [0.3, 0.4) is 0 Å². The van der Waals surface area contributed by atoms with Gasteiger partial charge >= 0.3 is 0 Å². The van der Waals surface area contributed by atoms with Crippen molar-refractivity contribution in [3.8, 4) is 0 Å². The van der Waals surface area contributed by atoms with Crippen LogP contribution in [0.25, 0.3) is 0 Å². The van der Waals surface area contributed by atoms with Crippen molar-refractivity contribution in [2.75, 3.05) is 11.9 Å². The second kappa shape index (κ2) is 14.5. The maximum absolute atomic E-state index is 13.6. The summed E-state index contributed by atoms with van der Waals surface area (Å²) < 4.78 is 0. The molecule has 0 saturated heterocycles. The van der Waals surface area contributed by atoms with Gasteiger partial charge in [-0.2, -0.15) is 0 Å². The topological polar surface area (TPSA) is 118 Å². The van der Waals surface area contributed by atoms with Crippen molar-refractivity contribution in [2.24, 2.45) is 17.6 Å². The summed E-state index contributed by atoms with van der Waals surface area (Å²) in [4.78, 5) is 52.9. The monoisotopic (exact) mass is 587 g/mol. The van der Waals surface area contributed by atoms with Crippen LogP contribution in [0.2, 0.25) is 0 Å². The number of benzene rings is 4. The molecule has 1 unspecified atom stereocenters. The number of carbonyl (C=O) groups excluding carboxylic acids is 4. The molecule has 7 nitrogen and oxygen atoms in total. The fourth-order valence-corrected chi connectivity index (χ4v) is 5.68. The zero-order valence-corrected chi connectivity index (χ0v) is 24.6. The van der Waals surface area contributed by atoms with Gasteiger partial charge < -0.3 is 16.4 Å². The Balaban J connectivity index is 1.32. The van der Waals surface area contributed by atoms with Crippen molar-refractivity contribution < 1.29 is 19.2 Å².